The summed E-state index contributed by atoms with van der Waals surface area (Å²) in [5.41, 5.74) is 2.37. The summed E-state index contributed by atoms with van der Waals surface area (Å²) in [6.45, 7) is 7.24. The van der Waals surface area contributed by atoms with Gasteiger partial charge in [-0.2, -0.15) is 0 Å². The zero-order chi connectivity index (χ0) is 24.1. The molecule has 2 aliphatic rings. The van der Waals surface area contributed by atoms with Crippen LogP contribution in [0.2, 0.25) is 0 Å². The Labute approximate surface area is 199 Å². The zero-order valence-corrected chi connectivity index (χ0v) is 19.7. The second kappa shape index (κ2) is 10.7. The normalized spacial score (nSPS) is 20.3. The van der Waals surface area contributed by atoms with Crippen LogP contribution in [0.4, 0.5) is 10.5 Å². The zero-order valence-electron chi connectivity index (χ0n) is 19.7. The van der Waals surface area contributed by atoms with E-state index in [0.717, 1.165) is 31.5 Å². The third kappa shape index (κ3) is 5.06. The van der Waals surface area contributed by atoms with E-state index >= 15 is 0 Å². The quantitative estimate of drug-likeness (QED) is 0.566. The molecule has 2 atom stereocenters. The minimum Gasteiger partial charge on any atom is -0.477 e. The summed E-state index contributed by atoms with van der Waals surface area (Å²) >= 11 is 0. The maximum atomic E-state index is 13.4. The molecular weight excluding hydrogens is 436 g/mol. The van der Waals surface area contributed by atoms with Crippen molar-refractivity contribution in [3.05, 3.63) is 36.2 Å². The summed E-state index contributed by atoms with van der Waals surface area (Å²) in [5.74, 6) is 0.237. The molecule has 34 heavy (non-hydrogen) atoms. The molecule has 0 radical (unpaired) electrons. The van der Waals surface area contributed by atoms with Gasteiger partial charge in [0, 0.05) is 44.5 Å². The van der Waals surface area contributed by atoms with Crippen molar-refractivity contribution >= 4 is 17.7 Å². The van der Waals surface area contributed by atoms with Crippen LogP contribution in [-0.4, -0.2) is 83.4 Å². The maximum Gasteiger partial charge on any atom is 0.407 e. The van der Waals surface area contributed by atoms with Crippen molar-refractivity contribution in [1.82, 2.24) is 25.5 Å². The number of rotatable bonds is 7. The second-order valence-electron chi connectivity index (χ2n) is 8.50. The fourth-order valence-corrected chi connectivity index (χ4v) is 4.57. The molecule has 0 saturated carbocycles. The molecule has 0 spiro atoms. The largest absolute Gasteiger partial charge is 0.477 e. The third-order valence-electron chi connectivity index (χ3n) is 6.35. The first-order valence-corrected chi connectivity index (χ1v) is 11.9. The summed E-state index contributed by atoms with van der Waals surface area (Å²) in [4.78, 5) is 37.6. The molecule has 4 rings (SSSR count). The number of nitrogens with zero attached hydrogens (tertiary/aromatic N) is 4. The summed E-state index contributed by atoms with van der Waals surface area (Å²) in [7, 11) is 0. The maximum absolute atomic E-state index is 13.4. The van der Waals surface area contributed by atoms with Gasteiger partial charge in [0.15, 0.2) is 5.69 Å². The molecule has 2 fully saturated rings. The number of hydrogen-bond acceptors (Lipinski definition) is 7. The SMILES string of the molecule is CCOc1ncccc1-c1ccc(N2CCN(C(=O)O)C[C@H]2CC)c(C(=O)N[C@@H]2CCNC2)n1. The predicted octanol–water partition coefficient (Wildman–Crippen LogP) is 2.21. The van der Waals surface area contributed by atoms with E-state index in [1.54, 1.807) is 6.20 Å². The predicted molar refractivity (Wildman–Crippen MR) is 128 cm³/mol. The minimum absolute atomic E-state index is 0.0467. The Morgan fingerprint density at radius 2 is 2.12 bits per heavy atom. The molecule has 10 nitrogen and oxygen atoms in total. The highest BCUT2D eigenvalue weighted by Gasteiger charge is 2.32. The monoisotopic (exact) mass is 468 g/mol. The highest BCUT2D eigenvalue weighted by Crippen LogP contribution is 2.31. The van der Waals surface area contributed by atoms with E-state index in [2.05, 4.69) is 20.5 Å². The molecular formula is C24H32N6O4. The molecule has 10 heteroatoms. The molecule has 2 saturated heterocycles. The number of carbonyl (C=O) groups excluding carboxylic acids is 1. The van der Waals surface area contributed by atoms with E-state index in [9.17, 15) is 14.7 Å². The standard InChI is InChI=1S/C24H32N6O4/c1-3-17-15-29(24(32)33)12-13-30(17)20-8-7-19(18-6-5-10-26-23(18)34-4-2)28-21(20)22(31)27-16-9-11-25-14-16/h5-8,10,16-17,25H,3-4,9,11-15H2,1-2H3,(H,27,31)(H,32,33)/t16-,17-/m1/s1. The molecule has 3 N–H and O–H groups in total. The first-order chi connectivity index (χ1) is 16.5. The van der Waals surface area contributed by atoms with E-state index < -0.39 is 6.09 Å². The van der Waals surface area contributed by atoms with Gasteiger partial charge in [-0.1, -0.05) is 6.92 Å². The van der Waals surface area contributed by atoms with Crippen molar-refractivity contribution in [1.29, 1.82) is 0 Å². The van der Waals surface area contributed by atoms with Crippen LogP contribution in [0.25, 0.3) is 11.3 Å². The van der Waals surface area contributed by atoms with Gasteiger partial charge >= 0.3 is 6.09 Å². The van der Waals surface area contributed by atoms with Crippen LogP contribution in [0.1, 0.15) is 37.2 Å². The first kappa shape index (κ1) is 23.7. The van der Waals surface area contributed by atoms with E-state index in [1.807, 2.05) is 38.1 Å². The van der Waals surface area contributed by atoms with E-state index in [1.165, 1.54) is 4.90 Å². The average molecular weight is 469 g/mol. The van der Waals surface area contributed by atoms with Crippen LogP contribution < -0.4 is 20.3 Å². The van der Waals surface area contributed by atoms with Crippen molar-refractivity contribution in [2.24, 2.45) is 0 Å². The van der Waals surface area contributed by atoms with Crippen molar-refractivity contribution in [2.75, 3.05) is 44.2 Å². The lowest BCUT2D eigenvalue weighted by Crippen LogP contribution is -2.55. The molecule has 0 bridgehead atoms. The summed E-state index contributed by atoms with van der Waals surface area (Å²) in [5, 5.41) is 15.8. The molecule has 2 amide bonds. The number of ether oxygens (including phenoxy) is 1. The van der Waals surface area contributed by atoms with Crippen molar-refractivity contribution in [2.45, 2.75) is 38.8 Å². The number of aromatic nitrogens is 2. The van der Waals surface area contributed by atoms with Crippen LogP contribution in [0.15, 0.2) is 30.5 Å². The molecule has 2 aliphatic heterocycles. The van der Waals surface area contributed by atoms with Crippen molar-refractivity contribution < 1.29 is 19.4 Å². The molecule has 0 aliphatic carbocycles. The number of anilines is 1. The van der Waals surface area contributed by atoms with Gasteiger partial charge in [-0.15, -0.1) is 0 Å². The number of hydrogen-bond donors (Lipinski definition) is 3. The number of piperazine rings is 1. The molecule has 182 valence electrons. The second-order valence-corrected chi connectivity index (χ2v) is 8.50. The van der Waals surface area contributed by atoms with Gasteiger partial charge in [0.05, 0.1) is 23.6 Å². The number of pyridine rings is 2. The Balaban J connectivity index is 1.72. The Kier molecular flexibility index (Phi) is 7.46. The molecule has 0 aromatic carbocycles. The van der Waals surface area contributed by atoms with Gasteiger partial charge in [0.25, 0.3) is 5.91 Å². The van der Waals surface area contributed by atoms with Gasteiger partial charge in [-0.3, -0.25) is 4.79 Å². The Morgan fingerprint density at radius 1 is 1.26 bits per heavy atom. The smallest absolute Gasteiger partial charge is 0.407 e. The van der Waals surface area contributed by atoms with Crippen molar-refractivity contribution in [3.63, 3.8) is 0 Å². The number of carboxylic acid groups (broad SMARTS) is 1. The summed E-state index contributed by atoms with van der Waals surface area (Å²) in [6.07, 6.45) is 2.36. The van der Waals surface area contributed by atoms with Gasteiger partial charge in [-0.25, -0.2) is 14.8 Å². The minimum atomic E-state index is -0.918. The summed E-state index contributed by atoms with van der Waals surface area (Å²) < 4.78 is 5.68. The lowest BCUT2D eigenvalue weighted by molar-refractivity contribution is 0.0934. The Morgan fingerprint density at radius 3 is 2.82 bits per heavy atom. The fraction of sp³-hybridized carbons (Fsp3) is 0.500. The van der Waals surface area contributed by atoms with Crippen LogP contribution in [0.3, 0.4) is 0 Å². The van der Waals surface area contributed by atoms with Crippen molar-refractivity contribution in [3.8, 4) is 17.1 Å². The number of amides is 2. The van der Waals surface area contributed by atoms with Crippen LogP contribution >= 0.6 is 0 Å². The molecule has 4 heterocycles. The highest BCUT2D eigenvalue weighted by molar-refractivity contribution is 5.99. The van der Waals surface area contributed by atoms with E-state index in [-0.39, 0.29) is 18.0 Å². The number of carbonyl (C=O) groups is 2. The fourth-order valence-electron chi connectivity index (χ4n) is 4.57. The molecule has 2 aromatic heterocycles. The lowest BCUT2D eigenvalue weighted by atomic mass is 10.1. The Bertz CT molecular complexity index is 1030. The van der Waals surface area contributed by atoms with Crippen LogP contribution in [-0.2, 0) is 0 Å². The van der Waals surface area contributed by atoms with Gasteiger partial charge < -0.3 is 30.3 Å². The average Bonchev–Trinajstić information content (AvgIpc) is 3.37. The molecule has 2 aromatic rings. The van der Waals surface area contributed by atoms with Gasteiger partial charge in [-0.05, 0) is 50.6 Å². The topological polar surface area (TPSA) is 120 Å². The van der Waals surface area contributed by atoms with E-state index in [0.29, 0.717) is 49.2 Å². The molecule has 0 unspecified atom stereocenters. The highest BCUT2D eigenvalue weighted by atomic mass is 16.5. The van der Waals surface area contributed by atoms with Crippen LogP contribution in [0.5, 0.6) is 5.88 Å². The van der Waals surface area contributed by atoms with Crippen LogP contribution in [0, 0.1) is 0 Å². The number of nitrogens with one attached hydrogen (secondary N) is 2. The Hall–Kier alpha value is -3.40. The third-order valence-corrected chi connectivity index (χ3v) is 6.35. The van der Waals surface area contributed by atoms with Gasteiger partial charge in [0.2, 0.25) is 5.88 Å². The van der Waals surface area contributed by atoms with Gasteiger partial charge in [0.1, 0.15) is 0 Å². The summed E-state index contributed by atoms with van der Waals surface area (Å²) in [6, 6.07) is 7.48. The van der Waals surface area contributed by atoms with E-state index in [4.69, 9.17) is 9.72 Å². The lowest BCUT2D eigenvalue weighted by Gasteiger charge is -2.42. The first-order valence-electron chi connectivity index (χ1n) is 11.9.